The van der Waals surface area contributed by atoms with Crippen LogP contribution in [0.15, 0.2) is 30.3 Å². The lowest BCUT2D eigenvalue weighted by Crippen LogP contribution is -2.44. The topological polar surface area (TPSA) is 76.9 Å². The van der Waals surface area contributed by atoms with E-state index in [0.29, 0.717) is 43.2 Å². The van der Waals surface area contributed by atoms with E-state index in [-0.39, 0.29) is 29.5 Å². The van der Waals surface area contributed by atoms with Crippen molar-refractivity contribution in [2.45, 2.75) is 58.7 Å². The van der Waals surface area contributed by atoms with Crippen molar-refractivity contribution in [3.63, 3.8) is 0 Å². The molecule has 4 rings (SSSR count). The Morgan fingerprint density at radius 1 is 1.12 bits per heavy atom. The maximum Gasteiger partial charge on any atom is 0.420 e. The fourth-order valence-electron chi connectivity index (χ4n) is 4.83. The molecule has 7 nitrogen and oxygen atoms in total. The molecule has 2 amide bonds. The average molecular weight is 611 g/mol. The zero-order valence-corrected chi connectivity index (χ0v) is 24.5. The van der Waals surface area contributed by atoms with Crippen molar-refractivity contribution in [1.82, 2.24) is 4.90 Å². The molecule has 0 atom stereocenters. The number of amides is 2. The van der Waals surface area contributed by atoms with Crippen LogP contribution in [0.2, 0.25) is 0 Å². The fourth-order valence-corrected chi connectivity index (χ4v) is 5.34. The monoisotopic (exact) mass is 610 g/mol. The van der Waals surface area contributed by atoms with Gasteiger partial charge in [-0.05, 0) is 68.7 Å². The van der Waals surface area contributed by atoms with Crippen molar-refractivity contribution in [3.05, 3.63) is 58.7 Å². The highest BCUT2D eigenvalue weighted by molar-refractivity contribution is 7.81. The number of benzene rings is 2. The van der Waals surface area contributed by atoms with Gasteiger partial charge in [0.1, 0.15) is 16.9 Å². The number of carbonyl (C=O) groups is 2. The second kappa shape index (κ2) is 13.1. The van der Waals surface area contributed by atoms with Crippen LogP contribution in [0.1, 0.15) is 57.2 Å². The Labute approximate surface area is 246 Å². The Kier molecular flexibility index (Phi) is 10.3. The minimum absolute atomic E-state index is 0.0354. The highest BCUT2D eigenvalue weighted by Gasteiger charge is 2.52. The molecule has 0 N–H and O–H groups in total. The third kappa shape index (κ3) is 6.39. The van der Waals surface area contributed by atoms with E-state index < -0.39 is 46.1 Å². The van der Waals surface area contributed by atoms with E-state index in [4.69, 9.17) is 22.2 Å². The molecule has 2 heterocycles. The molecule has 42 heavy (non-hydrogen) atoms. The molecule has 0 aliphatic carbocycles. The Morgan fingerprint density at radius 3 is 2.33 bits per heavy atom. The molecule has 226 valence electrons. The van der Waals surface area contributed by atoms with Crippen LogP contribution in [0.4, 0.5) is 33.3 Å². The summed E-state index contributed by atoms with van der Waals surface area (Å²) in [6.07, 6.45) is -4.27. The number of hydrogen-bond acceptors (Lipinski definition) is 5. The number of nitrogens with zero attached hydrogens (tertiary/aromatic N) is 4. The van der Waals surface area contributed by atoms with Crippen molar-refractivity contribution in [3.8, 4) is 6.07 Å². The number of anilines is 2. The standard InChI is InChI=1S/C27H25F5N4O3S.C2H6/c1-26(2)24(38)35(20-9-7-17(15-33)22(23(20)29)27(30,31)32)25(40)36(26)18-8-6-16(19(28)14-18)4-3-5-21(37)34-10-12-39-13-11-34;1-2/h6-9,14H,3-5,10-13H2,1-2H3;1-2H3. The minimum atomic E-state index is -5.20. The maximum atomic E-state index is 15.2. The molecule has 0 saturated carbocycles. The first-order chi connectivity index (χ1) is 19.8. The molecular formula is C29H31F5N4O3S. The smallest absolute Gasteiger partial charge is 0.378 e. The Balaban J connectivity index is 0.00000237. The van der Waals surface area contributed by atoms with Gasteiger partial charge in [-0.15, -0.1) is 0 Å². The summed E-state index contributed by atoms with van der Waals surface area (Å²) in [5.74, 6) is -3.30. The Bertz CT molecular complexity index is 1400. The summed E-state index contributed by atoms with van der Waals surface area (Å²) in [4.78, 5) is 29.2. The molecule has 0 aromatic heterocycles. The first-order valence-corrected chi connectivity index (χ1v) is 13.8. The Hall–Kier alpha value is -3.63. The molecule has 2 aromatic carbocycles. The predicted molar refractivity (Wildman–Crippen MR) is 151 cm³/mol. The lowest BCUT2D eigenvalue weighted by atomic mass is 10.0. The summed E-state index contributed by atoms with van der Waals surface area (Å²) in [5, 5.41) is 8.69. The third-order valence-electron chi connectivity index (χ3n) is 6.93. The summed E-state index contributed by atoms with van der Waals surface area (Å²) < 4.78 is 76.2. The summed E-state index contributed by atoms with van der Waals surface area (Å²) >= 11 is 5.39. The first kappa shape index (κ1) is 32.9. The third-order valence-corrected chi connectivity index (χ3v) is 7.30. The number of halogens is 5. The van der Waals surface area contributed by atoms with Gasteiger partial charge < -0.3 is 14.5 Å². The van der Waals surface area contributed by atoms with Crippen LogP contribution in [-0.2, 0) is 26.9 Å². The van der Waals surface area contributed by atoms with Crippen molar-refractivity contribution in [2.75, 3.05) is 36.1 Å². The normalized spacial score (nSPS) is 16.7. The first-order valence-electron chi connectivity index (χ1n) is 13.4. The number of morpholine rings is 1. The second-order valence-electron chi connectivity index (χ2n) is 9.87. The largest absolute Gasteiger partial charge is 0.420 e. The van der Waals surface area contributed by atoms with Gasteiger partial charge in [-0.1, -0.05) is 19.9 Å². The van der Waals surface area contributed by atoms with Crippen molar-refractivity contribution in [1.29, 1.82) is 5.26 Å². The number of hydrogen-bond donors (Lipinski definition) is 0. The van der Waals surface area contributed by atoms with E-state index in [2.05, 4.69) is 0 Å². The number of thiocarbonyl (C=S) groups is 1. The summed E-state index contributed by atoms with van der Waals surface area (Å²) in [6.45, 7) is 8.86. The van der Waals surface area contributed by atoms with E-state index in [1.165, 1.54) is 36.9 Å². The van der Waals surface area contributed by atoms with Gasteiger partial charge in [0.2, 0.25) is 5.91 Å². The van der Waals surface area contributed by atoms with Crippen molar-refractivity contribution < 1.29 is 36.3 Å². The molecule has 2 saturated heterocycles. The summed E-state index contributed by atoms with van der Waals surface area (Å²) in [6, 6.07) is 7.09. The van der Waals surface area contributed by atoms with E-state index in [1.807, 2.05) is 13.8 Å². The number of rotatable bonds is 6. The van der Waals surface area contributed by atoms with Crippen LogP contribution in [0.3, 0.4) is 0 Å². The van der Waals surface area contributed by atoms with E-state index >= 15 is 8.78 Å². The van der Waals surface area contributed by atoms with Gasteiger partial charge in [-0.2, -0.15) is 18.4 Å². The number of alkyl halides is 3. The lowest BCUT2D eigenvalue weighted by Gasteiger charge is -2.29. The number of nitriles is 1. The SMILES string of the molecule is CC.CC1(C)C(=O)N(c2ccc(C#N)c(C(F)(F)F)c2F)C(=S)N1c1ccc(CCCC(=O)N2CCOCC2)c(F)c1. The molecule has 2 aliphatic rings. The second-order valence-corrected chi connectivity index (χ2v) is 10.2. The van der Waals surface area contributed by atoms with Gasteiger partial charge in [0, 0.05) is 25.2 Å². The minimum Gasteiger partial charge on any atom is -0.378 e. The summed E-state index contributed by atoms with van der Waals surface area (Å²) in [7, 11) is 0. The molecule has 2 fully saturated rings. The van der Waals surface area contributed by atoms with Crippen LogP contribution in [0.25, 0.3) is 0 Å². The van der Waals surface area contributed by atoms with Crippen LogP contribution in [0.5, 0.6) is 0 Å². The predicted octanol–water partition coefficient (Wildman–Crippen LogP) is 5.98. The molecule has 2 aliphatic heterocycles. The number of carbonyl (C=O) groups excluding carboxylic acids is 2. The van der Waals surface area contributed by atoms with Crippen LogP contribution in [-0.4, -0.2) is 53.7 Å². The zero-order valence-electron chi connectivity index (χ0n) is 23.6. The van der Waals surface area contributed by atoms with Gasteiger partial charge in [0.05, 0.1) is 30.5 Å². The van der Waals surface area contributed by atoms with E-state index in [1.54, 1.807) is 4.90 Å². The molecule has 0 radical (unpaired) electrons. The quantitative estimate of drug-likeness (QED) is 0.296. The highest BCUT2D eigenvalue weighted by Crippen LogP contribution is 2.42. The van der Waals surface area contributed by atoms with Crippen LogP contribution >= 0.6 is 12.2 Å². The molecule has 0 bridgehead atoms. The molecular weight excluding hydrogens is 579 g/mol. The van der Waals surface area contributed by atoms with Crippen molar-refractivity contribution in [2.24, 2.45) is 0 Å². The number of ether oxygens (including phenoxy) is 1. The van der Waals surface area contributed by atoms with Gasteiger partial charge in [0.15, 0.2) is 10.9 Å². The van der Waals surface area contributed by atoms with Gasteiger partial charge >= 0.3 is 6.18 Å². The van der Waals surface area contributed by atoms with E-state index in [9.17, 15) is 22.8 Å². The molecule has 13 heteroatoms. The van der Waals surface area contributed by atoms with Crippen LogP contribution in [0, 0.1) is 23.0 Å². The summed E-state index contributed by atoms with van der Waals surface area (Å²) in [5.41, 5.74) is -4.54. The zero-order chi connectivity index (χ0) is 31.4. The van der Waals surface area contributed by atoms with Crippen LogP contribution < -0.4 is 9.80 Å². The van der Waals surface area contributed by atoms with Crippen molar-refractivity contribution >= 4 is 40.5 Å². The lowest BCUT2D eigenvalue weighted by molar-refractivity contribution is -0.140. The van der Waals surface area contributed by atoms with Gasteiger partial charge in [-0.3, -0.25) is 14.5 Å². The molecule has 0 unspecified atom stereocenters. The molecule has 2 aromatic rings. The fraction of sp³-hybridized carbons (Fsp3) is 0.448. The average Bonchev–Trinajstić information content (AvgIpc) is 3.13. The van der Waals surface area contributed by atoms with Gasteiger partial charge in [0.25, 0.3) is 5.91 Å². The van der Waals surface area contributed by atoms with Gasteiger partial charge in [-0.25, -0.2) is 8.78 Å². The molecule has 0 spiro atoms. The maximum absolute atomic E-state index is 15.2. The Morgan fingerprint density at radius 2 is 1.76 bits per heavy atom. The highest BCUT2D eigenvalue weighted by atomic mass is 32.1. The van der Waals surface area contributed by atoms with E-state index in [0.717, 1.165) is 18.2 Å². The number of aryl methyl sites for hydroxylation is 1.